The number of likely N-dealkylation sites (tertiary alicyclic amines) is 1. The van der Waals surface area contributed by atoms with Crippen LogP contribution in [0.3, 0.4) is 0 Å². The normalized spacial score (nSPS) is 15.8. The van der Waals surface area contributed by atoms with E-state index in [4.69, 9.17) is 16.2 Å². The first-order valence-corrected chi connectivity index (χ1v) is 17.3. The minimum absolute atomic E-state index is 0.0320. The maximum atomic E-state index is 13.9. The van der Waals surface area contributed by atoms with Crippen molar-refractivity contribution in [2.45, 2.75) is 89.4 Å². The predicted octanol–water partition coefficient (Wildman–Crippen LogP) is 1.84. The van der Waals surface area contributed by atoms with Crippen molar-refractivity contribution in [3.63, 3.8) is 0 Å². The number of nitrogens with one attached hydrogen (secondary N) is 3. The third kappa shape index (κ3) is 13.3. The van der Waals surface area contributed by atoms with Gasteiger partial charge in [0.05, 0.1) is 13.2 Å². The second kappa shape index (κ2) is 20.3. The van der Waals surface area contributed by atoms with Crippen LogP contribution in [0.5, 0.6) is 0 Å². The first kappa shape index (κ1) is 39.2. The lowest BCUT2D eigenvalue weighted by Gasteiger charge is -2.34. The van der Waals surface area contributed by atoms with E-state index in [2.05, 4.69) is 16.0 Å². The van der Waals surface area contributed by atoms with Crippen molar-refractivity contribution in [2.75, 3.05) is 26.7 Å². The van der Waals surface area contributed by atoms with Crippen LogP contribution in [0.25, 0.3) is 0 Å². The minimum Gasteiger partial charge on any atom is -0.469 e. The van der Waals surface area contributed by atoms with E-state index in [-0.39, 0.29) is 30.1 Å². The molecular weight excluding hydrogens is 624 g/mol. The molecule has 3 rings (SSSR count). The van der Waals surface area contributed by atoms with Gasteiger partial charge < -0.3 is 37.1 Å². The van der Waals surface area contributed by atoms with Crippen molar-refractivity contribution in [1.82, 2.24) is 20.9 Å². The molecule has 0 saturated carbocycles. The van der Waals surface area contributed by atoms with Gasteiger partial charge in [0.2, 0.25) is 23.6 Å². The number of hydrogen-bond donors (Lipinski definition) is 5. The predicted molar refractivity (Wildman–Crippen MR) is 188 cm³/mol. The van der Waals surface area contributed by atoms with Crippen LogP contribution in [0.1, 0.15) is 63.5 Å². The first-order chi connectivity index (χ1) is 23.5. The van der Waals surface area contributed by atoms with E-state index < -0.39 is 41.9 Å². The summed E-state index contributed by atoms with van der Waals surface area (Å²) in [6.07, 6.45) is 3.30. The maximum absolute atomic E-state index is 13.9. The van der Waals surface area contributed by atoms with Gasteiger partial charge in [-0.2, -0.15) is 0 Å². The fraction of sp³-hybridized carbons (Fsp3) is 0.541. The zero-order valence-corrected chi connectivity index (χ0v) is 29.1. The molecule has 7 N–H and O–H groups in total. The van der Waals surface area contributed by atoms with Gasteiger partial charge in [-0.3, -0.25) is 24.0 Å². The Morgan fingerprint density at radius 1 is 0.796 bits per heavy atom. The fourth-order valence-corrected chi connectivity index (χ4v) is 6.02. The van der Waals surface area contributed by atoms with Crippen LogP contribution in [0, 0.1) is 11.8 Å². The number of piperidine rings is 1. The molecule has 0 aromatic heterocycles. The van der Waals surface area contributed by atoms with Gasteiger partial charge in [0, 0.05) is 25.9 Å². The molecule has 0 radical (unpaired) electrons. The fourth-order valence-electron chi connectivity index (χ4n) is 6.02. The number of esters is 1. The Labute approximate surface area is 290 Å². The van der Waals surface area contributed by atoms with E-state index in [1.54, 1.807) is 4.90 Å². The molecule has 268 valence electrons. The van der Waals surface area contributed by atoms with Gasteiger partial charge in [0.15, 0.2) is 0 Å². The molecular formula is C37H54N6O6. The van der Waals surface area contributed by atoms with E-state index in [9.17, 15) is 24.0 Å². The zero-order chi connectivity index (χ0) is 35.8. The molecule has 12 nitrogen and oxygen atoms in total. The van der Waals surface area contributed by atoms with Crippen LogP contribution in [-0.2, 0) is 41.6 Å². The minimum atomic E-state index is -1.000. The topological polar surface area (TPSA) is 186 Å². The smallest absolute Gasteiger partial charge is 0.305 e. The molecule has 0 spiro atoms. The maximum Gasteiger partial charge on any atom is 0.305 e. The number of carbonyl (C=O) groups is 5. The molecule has 4 amide bonds. The lowest BCUT2D eigenvalue weighted by molar-refractivity contribution is -0.142. The first-order valence-electron chi connectivity index (χ1n) is 17.3. The Bertz CT molecular complexity index is 1350. The quantitative estimate of drug-likeness (QED) is 0.148. The summed E-state index contributed by atoms with van der Waals surface area (Å²) in [4.78, 5) is 68.0. The molecule has 0 bridgehead atoms. The number of ether oxygens (including phenoxy) is 1. The average Bonchev–Trinajstić information content (AvgIpc) is 3.09. The van der Waals surface area contributed by atoms with Crippen molar-refractivity contribution in [3.05, 3.63) is 71.8 Å². The van der Waals surface area contributed by atoms with Crippen LogP contribution in [0.4, 0.5) is 0 Å². The summed E-state index contributed by atoms with van der Waals surface area (Å²) in [6.45, 7) is 5.16. The van der Waals surface area contributed by atoms with Gasteiger partial charge in [-0.05, 0) is 68.0 Å². The van der Waals surface area contributed by atoms with Gasteiger partial charge in [-0.15, -0.1) is 0 Å². The summed E-state index contributed by atoms with van der Waals surface area (Å²) in [6, 6.07) is 15.0. The highest BCUT2D eigenvalue weighted by atomic mass is 16.5. The van der Waals surface area contributed by atoms with Crippen LogP contribution < -0.4 is 27.4 Å². The third-order valence-corrected chi connectivity index (χ3v) is 8.81. The number of hydrogen-bond acceptors (Lipinski definition) is 8. The van der Waals surface area contributed by atoms with Gasteiger partial charge in [0.25, 0.3) is 0 Å². The molecule has 4 atom stereocenters. The Morgan fingerprint density at radius 3 is 1.88 bits per heavy atom. The molecule has 1 aliphatic rings. The molecule has 49 heavy (non-hydrogen) atoms. The van der Waals surface area contributed by atoms with E-state index in [0.717, 1.165) is 11.1 Å². The summed E-state index contributed by atoms with van der Waals surface area (Å²) in [5.74, 6) is -1.80. The third-order valence-electron chi connectivity index (χ3n) is 8.81. The second-order valence-electron chi connectivity index (χ2n) is 13.3. The van der Waals surface area contributed by atoms with Crippen molar-refractivity contribution in [1.29, 1.82) is 0 Å². The Balaban J connectivity index is 1.73. The van der Waals surface area contributed by atoms with Gasteiger partial charge in [-0.1, -0.05) is 74.5 Å². The summed E-state index contributed by atoms with van der Waals surface area (Å²) < 4.78 is 4.79. The molecule has 1 saturated heterocycles. The summed E-state index contributed by atoms with van der Waals surface area (Å²) >= 11 is 0. The van der Waals surface area contributed by atoms with Crippen LogP contribution in [0.2, 0.25) is 0 Å². The number of benzene rings is 2. The number of amides is 4. The molecule has 1 fully saturated rings. The summed E-state index contributed by atoms with van der Waals surface area (Å²) in [5, 5.41) is 8.60. The Morgan fingerprint density at radius 2 is 1.33 bits per heavy atom. The number of carbonyl (C=O) groups excluding carboxylic acids is 5. The Kier molecular flexibility index (Phi) is 16.2. The molecule has 2 aromatic carbocycles. The molecule has 1 aliphatic heterocycles. The van der Waals surface area contributed by atoms with Gasteiger partial charge >= 0.3 is 5.97 Å². The van der Waals surface area contributed by atoms with E-state index in [0.29, 0.717) is 64.6 Å². The van der Waals surface area contributed by atoms with Gasteiger partial charge in [-0.25, -0.2) is 0 Å². The van der Waals surface area contributed by atoms with Crippen molar-refractivity contribution in [2.24, 2.45) is 23.3 Å². The second-order valence-corrected chi connectivity index (χ2v) is 13.3. The van der Waals surface area contributed by atoms with Crippen molar-refractivity contribution in [3.8, 4) is 0 Å². The summed E-state index contributed by atoms with van der Waals surface area (Å²) in [7, 11) is 1.36. The standard InChI is InChI=1S/C37H54N6O6/c1-25(2)21-31(35(46)40-30(15-10-18-38)37(48)43-19-16-28(17-20-43)24-33(44)49-3)42-36(47)32(23-27-13-8-5-9-14-27)41-34(45)29(39)22-26-11-6-4-7-12-26/h4-9,11-14,25,28-32H,10,15-24,38-39H2,1-3H3,(H,40,46)(H,41,45)(H,42,47)/t29-,30-,31-,32-/m1/s1. The highest BCUT2D eigenvalue weighted by Gasteiger charge is 2.33. The molecule has 2 aromatic rings. The Hall–Kier alpha value is -4.29. The number of nitrogens with zero attached hydrogens (tertiary/aromatic N) is 1. The van der Waals surface area contributed by atoms with Crippen LogP contribution in [-0.4, -0.2) is 85.4 Å². The van der Waals surface area contributed by atoms with Gasteiger partial charge in [0.1, 0.15) is 18.1 Å². The van der Waals surface area contributed by atoms with Crippen molar-refractivity contribution >= 4 is 29.6 Å². The highest BCUT2D eigenvalue weighted by Crippen LogP contribution is 2.22. The molecule has 0 unspecified atom stereocenters. The summed E-state index contributed by atoms with van der Waals surface area (Å²) in [5.41, 5.74) is 13.7. The van der Waals surface area contributed by atoms with E-state index in [1.165, 1.54) is 7.11 Å². The van der Waals surface area contributed by atoms with Crippen molar-refractivity contribution < 1.29 is 28.7 Å². The molecule has 1 heterocycles. The van der Waals surface area contributed by atoms with E-state index in [1.807, 2.05) is 74.5 Å². The average molecular weight is 679 g/mol. The van der Waals surface area contributed by atoms with Crippen LogP contribution >= 0.6 is 0 Å². The van der Waals surface area contributed by atoms with E-state index >= 15 is 0 Å². The van der Waals surface area contributed by atoms with Crippen LogP contribution in [0.15, 0.2) is 60.7 Å². The molecule has 12 heteroatoms. The number of rotatable bonds is 18. The largest absolute Gasteiger partial charge is 0.469 e. The monoisotopic (exact) mass is 678 g/mol. The molecule has 0 aliphatic carbocycles. The SMILES string of the molecule is COC(=O)CC1CCN(C(=O)[C@@H](CCCN)NC(=O)[C@@H](CC(C)C)NC(=O)[C@@H](Cc2ccccc2)NC(=O)[C@H](N)Cc2ccccc2)CC1. The lowest BCUT2D eigenvalue weighted by Crippen LogP contribution is -2.59. The number of nitrogens with two attached hydrogens (primary N) is 2. The lowest BCUT2D eigenvalue weighted by atomic mass is 9.93. The zero-order valence-electron chi connectivity index (χ0n) is 29.1. The number of methoxy groups -OCH3 is 1. The highest BCUT2D eigenvalue weighted by molar-refractivity contribution is 5.95.